The summed E-state index contributed by atoms with van der Waals surface area (Å²) < 4.78 is 5.95. The van der Waals surface area contributed by atoms with Crippen LogP contribution >= 0.6 is 11.6 Å². The van der Waals surface area contributed by atoms with Crippen molar-refractivity contribution in [3.05, 3.63) is 97.4 Å². The number of benzene rings is 2. The summed E-state index contributed by atoms with van der Waals surface area (Å²) in [5, 5.41) is 3.28. The van der Waals surface area contributed by atoms with Crippen LogP contribution in [0, 0.1) is 20.8 Å². The molecule has 1 aromatic heterocycles. The second-order valence-corrected chi connectivity index (χ2v) is 7.77. The molecule has 2 N–H and O–H groups in total. The van der Waals surface area contributed by atoms with Gasteiger partial charge in [-0.15, -0.1) is 0 Å². The fourth-order valence-corrected chi connectivity index (χ4v) is 3.70. The van der Waals surface area contributed by atoms with Crippen molar-refractivity contribution in [2.75, 3.05) is 0 Å². The van der Waals surface area contributed by atoms with Crippen LogP contribution in [0.1, 0.15) is 51.5 Å². The Morgan fingerprint density at radius 1 is 1.13 bits per heavy atom. The van der Waals surface area contributed by atoms with Crippen molar-refractivity contribution in [1.29, 1.82) is 0 Å². The molecule has 0 radical (unpaired) electrons. The molecule has 0 bridgehead atoms. The summed E-state index contributed by atoms with van der Waals surface area (Å²) >= 11 is 6.48. The predicted octanol–water partition coefficient (Wildman–Crippen LogP) is 5.02. The van der Waals surface area contributed by atoms with Crippen LogP contribution in [0.15, 0.2) is 53.3 Å². The number of ether oxygens (including phenoxy) is 1. The molecule has 1 unspecified atom stereocenters. The number of amides is 1. The number of carbonyl (C=O) groups excluding carboxylic acids is 1. The molecule has 0 saturated carbocycles. The van der Waals surface area contributed by atoms with E-state index < -0.39 is 0 Å². The lowest BCUT2D eigenvalue weighted by molar-refractivity contribution is 0.0950. The monoisotopic (exact) mass is 424 g/mol. The van der Waals surface area contributed by atoms with E-state index in [-0.39, 0.29) is 24.0 Å². The zero-order valence-corrected chi connectivity index (χ0v) is 18.3. The number of pyridine rings is 1. The molecule has 0 aliphatic carbocycles. The Morgan fingerprint density at radius 2 is 1.83 bits per heavy atom. The summed E-state index contributed by atoms with van der Waals surface area (Å²) in [6.45, 7) is 7.56. The minimum Gasteiger partial charge on any atom is -0.486 e. The van der Waals surface area contributed by atoms with Crippen molar-refractivity contribution >= 4 is 17.5 Å². The highest BCUT2D eigenvalue weighted by Crippen LogP contribution is 2.30. The van der Waals surface area contributed by atoms with Gasteiger partial charge in [0.1, 0.15) is 11.9 Å². The Hall–Kier alpha value is -3.05. The largest absolute Gasteiger partial charge is 0.486 e. The lowest BCUT2D eigenvalue weighted by Crippen LogP contribution is -2.27. The summed E-state index contributed by atoms with van der Waals surface area (Å²) in [6.07, 6.45) is -0.274. The van der Waals surface area contributed by atoms with E-state index in [1.54, 1.807) is 6.07 Å². The molecule has 0 fully saturated rings. The highest BCUT2D eigenvalue weighted by Gasteiger charge is 2.18. The normalized spacial score (nSPS) is 11.8. The lowest BCUT2D eigenvalue weighted by atomic mass is 10.0. The fraction of sp³-hybridized carbons (Fsp3) is 0.250. The average molecular weight is 425 g/mol. The van der Waals surface area contributed by atoms with Gasteiger partial charge in [0.25, 0.3) is 5.91 Å². The van der Waals surface area contributed by atoms with Gasteiger partial charge in [-0.25, -0.2) is 0 Å². The third kappa shape index (κ3) is 4.92. The van der Waals surface area contributed by atoms with Crippen molar-refractivity contribution in [3.63, 3.8) is 0 Å². The maximum atomic E-state index is 12.7. The second-order valence-electron chi connectivity index (χ2n) is 7.36. The zero-order valence-electron chi connectivity index (χ0n) is 17.5. The molecule has 3 aromatic rings. The van der Waals surface area contributed by atoms with Gasteiger partial charge in [-0.1, -0.05) is 35.9 Å². The standard InChI is InChI=1S/C24H25ClN2O3/c1-14-10-20(17(4)30-18-8-6-5-7-9-18)22(25)12-19(14)24(29)26-13-21-16(3)27-15(2)11-23(21)28/h5-12,17H,13H2,1-4H3,(H,26,29)(H,27,28). The van der Waals surface area contributed by atoms with Crippen LogP contribution in [0.4, 0.5) is 0 Å². The second kappa shape index (κ2) is 9.18. The number of rotatable bonds is 6. The van der Waals surface area contributed by atoms with Crippen LogP contribution in [0.2, 0.25) is 5.02 Å². The fourth-order valence-electron chi connectivity index (χ4n) is 3.39. The first-order valence-electron chi connectivity index (χ1n) is 9.75. The molecule has 1 atom stereocenters. The Balaban J connectivity index is 1.76. The highest BCUT2D eigenvalue weighted by molar-refractivity contribution is 6.31. The van der Waals surface area contributed by atoms with E-state index in [0.717, 1.165) is 28.3 Å². The van der Waals surface area contributed by atoms with Gasteiger partial charge in [-0.2, -0.15) is 0 Å². The molecule has 1 amide bonds. The van der Waals surface area contributed by atoms with Gasteiger partial charge in [0, 0.05) is 45.7 Å². The minimum atomic E-state index is -0.281. The van der Waals surface area contributed by atoms with Crippen molar-refractivity contribution in [2.24, 2.45) is 0 Å². The van der Waals surface area contributed by atoms with Crippen LogP contribution in [0.3, 0.4) is 0 Å². The van der Waals surface area contributed by atoms with E-state index in [4.69, 9.17) is 16.3 Å². The smallest absolute Gasteiger partial charge is 0.251 e. The molecule has 0 aliphatic rings. The van der Waals surface area contributed by atoms with Crippen LogP contribution in [0.5, 0.6) is 5.75 Å². The van der Waals surface area contributed by atoms with Crippen molar-refractivity contribution in [2.45, 2.75) is 40.3 Å². The van der Waals surface area contributed by atoms with Crippen molar-refractivity contribution in [1.82, 2.24) is 10.3 Å². The number of aryl methyl sites for hydroxylation is 3. The minimum absolute atomic E-state index is 0.0963. The van der Waals surface area contributed by atoms with Gasteiger partial charge in [-0.05, 0) is 51.5 Å². The van der Waals surface area contributed by atoms with E-state index in [9.17, 15) is 9.59 Å². The van der Waals surface area contributed by atoms with E-state index >= 15 is 0 Å². The predicted molar refractivity (Wildman–Crippen MR) is 119 cm³/mol. The van der Waals surface area contributed by atoms with Gasteiger partial charge in [-0.3, -0.25) is 9.59 Å². The number of carbonyl (C=O) groups is 1. The van der Waals surface area contributed by atoms with Gasteiger partial charge in [0.15, 0.2) is 5.43 Å². The Kier molecular flexibility index (Phi) is 6.63. The number of halogens is 1. The van der Waals surface area contributed by atoms with Crippen LogP contribution in [-0.2, 0) is 6.54 Å². The number of hydrogen-bond acceptors (Lipinski definition) is 3. The molecular formula is C24H25ClN2O3. The van der Waals surface area contributed by atoms with Crippen LogP contribution < -0.4 is 15.5 Å². The SMILES string of the molecule is Cc1cc(=O)c(CNC(=O)c2cc(Cl)c(C(C)Oc3ccccc3)cc2C)c(C)[nH]1. The lowest BCUT2D eigenvalue weighted by Gasteiger charge is -2.18. The third-order valence-electron chi connectivity index (χ3n) is 4.99. The first-order valence-corrected chi connectivity index (χ1v) is 10.1. The van der Waals surface area contributed by atoms with E-state index in [0.29, 0.717) is 16.1 Å². The van der Waals surface area contributed by atoms with E-state index in [2.05, 4.69) is 10.3 Å². The molecule has 6 heteroatoms. The number of aromatic nitrogens is 1. The Morgan fingerprint density at radius 3 is 2.50 bits per heavy atom. The molecule has 5 nitrogen and oxygen atoms in total. The quantitative estimate of drug-likeness (QED) is 0.583. The molecule has 30 heavy (non-hydrogen) atoms. The van der Waals surface area contributed by atoms with Gasteiger partial charge in [0.2, 0.25) is 0 Å². The third-order valence-corrected chi connectivity index (χ3v) is 5.32. The molecule has 156 valence electrons. The molecule has 0 aliphatic heterocycles. The number of hydrogen-bond donors (Lipinski definition) is 2. The molecule has 0 spiro atoms. The molecular weight excluding hydrogens is 400 g/mol. The van der Waals surface area contributed by atoms with Crippen molar-refractivity contribution in [3.8, 4) is 5.75 Å². The summed E-state index contributed by atoms with van der Waals surface area (Å²) in [7, 11) is 0. The van der Waals surface area contributed by atoms with Gasteiger partial charge >= 0.3 is 0 Å². The highest BCUT2D eigenvalue weighted by atomic mass is 35.5. The Bertz CT molecular complexity index is 1120. The number of aromatic amines is 1. The maximum Gasteiger partial charge on any atom is 0.251 e. The summed E-state index contributed by atoms with van der Waals surface area (Å²) in [4.78, 5) is 28.1. The van der Waals surface area contributed by atoms with E-state index in [1.807, 2.05) is 64.1 Å². The maximum absolute atomic E-state index is 12.7. The molecule has 2 aromatic carbocycles. The molecule has 3 rings (SSSR count). The van der Waals surface area contributed by atoms with Crippen LogP contribution in [-0.4, -0.2) is 10.9 Å². The molecule has 0 saturated heterocycles. The summed E-state index contributed by atoms with van der Waals surface area (Å²) in [6, 6.07) is 14.6. The van der Waals surface area contributed by atoms with Gasteiger partial charge in [0.05, 0.1) is 0 Å². The van der Waals surface area contributed by atoms with Crippen molar-refractivity contribution < 1.29 is 9.53 Å². The first kappa shape index (κ1) is 21.7. The average Bonchev–Trinajstić information content (AvgIpc) is 2.69. The topological polar surface area (TPSA) is 71.2 Å². The summed E-state index contributed by atoms with van der Waals surface area (Å²) in [5.74, 6) is 0.469. The number of para-hydroxylation sites is 1. The Labute approximate surface area is 181 Å². The summed E-state index contributed by atoms with van der Waals surface area (Å²) in [5.41, 5.74) is 4.04. The van der Waals surface area contributed by atoms with E-state index in [1.165, 1.54) is 6.07 Å². The van der Waals surface area contributed by atoms with Crippen LogP contribution in [0.25, 0.3) is 0 Å². The molecule has 1 heterocycles. The number of H-pyrrole nitrogens is 1. The first-order chi connectivity index (χ1) is 14.3. The van der Waals surface area contributed by atoms with Gasteiger partial charge < -0.3 is 15.0 Å². The number of nitrogens with one attached hydrogen (secondary N) is 2. The zero-order chi connectivity index (χ0) is 21.8.